The van der Waals surface area contributed by atoms with E-state index in [1.54, 1.807) is 40.5 Å². The lowest BCUT2D eigenvalue weighted by Gasteiger charge is -2.30. The molecule has 43 heavy (non-hydrogen) atoms. The van der Waals surface area contributed by atoms with Crippen molar-refractivity contribution >= 4 is 57.9 Å². The number of hydrogen-bond donors (Lipinski definition) is 4. The molecule has 224 valence electrons. The van der Waals surface area contributed by atoms with E-state index in [2.05, 4.69) is 15.6 Å². The molecule has 0 unspecified atom stereocenters. The summed E-state index contributed by atoms with van der Waals surface area (Å²) >= 11 is 13.2. The van der Waals surface area contributed by atoms with Crippen molar-refractivity contribution in [3.8, 4) is 6.19 Å². The summed E-state index contributed by atoms with van der Waals surface area (Å²) in [5, 5.41) is 35.1. The third kappa shape index (κ3) is 6.24. The second-order valence-electron chi connectivity index (χ2n) is 10.6. The summed E-state index contributed by atoms with van der Waals surface area (Å²) in [7, 11) is 0. The van der Waals surface area contributed by atoms with Gasteiger partial charge < -0.3 is 35.1 Å². The average molecular weight is 627 g/mol. The van der Waals surface area contributed by atoms with Gasteiger partial charge in [-0.15, -0.1) is 4.99 Å². The number of β-amino-alcohol motifs (C(OH)–C–C–N with tert-alkyl or cyclic N) is 1. The smallest absolute Gasteiger partial charge is 0.328 e. The molecule has 0 bridgehead atoms. The zero-order valence-electron chi connectivity index (χ0n) is 23.0. The number of guanidine groups is 1. The zero-order valence-corrected chi connectivity index (χ0v) is 24.5. The summed E-state index contributed by atoms with van der Waals surface area (Å²) in [5.41, 5.74) is 2.35. The van der Waals surface area contributed by atoms with E-state index in [1.807, 2.05) is 19.1 Å². The van der Waals surface area contributed by atoms with Crippen LogP contribution in [0, 0.1) is 17.4 Å². The summed E-state index contributed by atoms with van der Waals surface area (Å²) in [6.07, 6.45) is 2.97. The van der Waals surface area contributed by atoms with Crippen LogP contribution in [0.2, 0.25) is 10.0 Å². The van der Waals surface area contributed by atoms with E-state index < -0.39 is 24.0 Å². The largest absolute Gasteiger partial charge is 0.480 e. The topological polar surface area (TPSA) is 172 Å². The number of aliphatic imine (C=N–C) groups is 1. The lowest BCUT2D eigenvalue weighted by atomic mass is 9.96. The molecule has 1 aromatic heterocycles. The van der Waals surface area contributed by atoms with Crippen molar-refractivity contribution in [1.29, 1.82) is 5.26 Å². The van der Waals surface area contributed by atoms with Crippen LogP contribution in [0.15, 0.2) is 46.0 Å². The van der Waals surface area contributed by atoms with Gasteiger partial charge in [-0.25, -0.2) is 4.79 Å². The van der Waals surface area contributed by atoms with Crippen LogP contribution in [0.3, 0.4) is 0 Å². The fraction of sp³-hybridized carbons (Fsp3) is 0.345. The maximum Gasteiger partial charge on any atom is 0.328 e. The molecule has 12 nitrogen and oxygen atoms in total. The maximum atomic E-state index is 13.3. The predicted octanol–water partition coefficient (Wildman–Crippen LogP) is 2.86. The number of carbonyl (C=O) groups excluding carboxylic acids is 2. The summed E-state index contributed by atoms with van der Waals surface area (Å²) < 4.78 is 5.42. The van der Waals surface area contributed by atoms with Gasteiger partial charge in [0.05, 0.1) is 28.0 Å². The number of carbonyl (C=O) groups is 3. The van der Waals surface area contributed by atoms with Gasteiger partial charge in [-0.05, 0) is 41.8 Å². The Labute approximate surface area is 256 Å². The second kappa shape index (κ2) is 12.5. The average Bonchev–Trinajstić information content (AvgIpc) is 3.58. The lowest BCUT2D eigenvalue weighted by molar-refractivity contribution is -0.139. The molecular formula is C29H28Cl2N6O6. The number of benzene rings is 2. The number of rotatable bonds is 6. The molecule has 3 atom stereocenters. The van der Waals surface area contributed by atoms with Gasteiger partial charge in [0.15, 0.2) is 0 Å². The molecule has 2 aliphatic rings. The lowest BCUT2D eigenvalue weighted by Crippen LogP contribution is -2.51. The molecule has 1 fully saturated rings. The number of furan rings is 1. The summed E-state index contributed by atoms with van der Waals surface area (Å²) in [6.45, 7) is 2.75. The monoisotopic (exact) mass is 626 g/mol. The van der Waals surface area contributed by atoms with E-state index >= 15 is 0 Å². The van der Waals surface area contributed by atoms with Crippen molar-refractivity contribution < 1.29 is 29.0 Å². The Hall–Kier alpha value is -4.31. The van der Waals surface area contributed by atoms with Crippen molar-refractivity contribution in [3.05, 3.63) is 68.9 Å². The number of hydrogen-bond acceptors (Lipinski definition) is 7. The minimum Gasteiger partial charge on any atom is -0.480 e. The van der Waals surface area contributed by atoms with E-state index in [1.165, 1.54) is 0 Å². The van der Waals surface area contributed by atoms with Crippen LogP contribution in [0.25, 0.3) is 11.0 Å². The fourth-order valence-electron chi connectivity index (χ4n) is 5.32. The molecule has 2 aromatic carbocycles. The number of nitriles is 1. The first kappa shape index (κ1) is 30.2. The van der Waals surface area contributed by atoms with Crippen LogP contribution in [0.4, 0.5) is 0 Å². The number of aliphatic hydroxyl groups is 1. The maximum absolute atomic E-state index is 13.3. The minimum atomic E-state index is -1.43. The molecule has 5 rings (SSSR count). The van der Waals surface area contributed by atoms with Crippen molar-refractivity contribution in [1.82, 2.24) is 20.4 Å². The van der Waals surface area contributed by atoms with Crippen LogP contribution in [0.1, 0.15) is 38.8 Å². The number of nitrogens with one attached hydrogen (secondary N) is 2. The first-order chi connectivity index (χ1) is 20.6. The Morgan fingerprint density at radius 2 is 2.00 bits per heavy atom. The Morgan fingerprint density at radius 1 is 1.21 bits per heavy atom. The number of aliphatic hydroxyl groups excluding tert-OH is 1. The Bertz CT molecular complexity index is 1660. The fourth-order valence-corrected chi connectivity index (χ4v) is 6.08. The standard InChI is InChI=1S/C29H28Cl2N6O6/c1-15-11-37(13-22(15)38)29(34-14-32)33-10-21(28(41)42)35-26(39)24-20(30)8-18-12-36(6-4-19(18)25(24)31)27(40)17-3-2-16-5-7-43-23(16)9-17/h2-3,5,7-9,15,21-22,38H,4,6,10-13H2,1H3,(H,33,34)(H,35,39)(H,41,42)/t15-,21+,22-/m1/s1. The molecule has 14 heteroatoms. The minimum absolute atomic E-state index is 0.0106. The van der Waals surface area contributed by atoms with Gasteiger partial charge >= 0.3 is 5.97 Å². The molecule has 0 aliphatic carbocycles. The van der Waals surface area contributed by atoms with E-state index in [0.717, 1.165) is 5.39 Å². The van der Waals surface area contributed by atoms with Gasteiger partial charge in [-0.3, -0.25) is 9.59 Å². The number of aliphatic carboxylic acids is 1. The van der Waals surface area contributed by atoms with Gasteiger partial charge in [0.1, 0.15) is 11.6 Å². The molecule has 0 radical (unpaired) electrons. The highest BCUT2D eigenvalue weighted by Gasteiger charge is 2.32. The Balaban J connectivity index is 1.29. The van der Waals surface area contributed by atoms with Crippen LogP contribution in [-0.2, 0) is 17.8 Å². The Kier molecular flexibility index (Phi) is 8.77. The summed E-state index contributed by atoms with van der Waals surface area (Å²) in [5.74, 6) is -2.28. The summed E-state index contributed by atoms with van der Waals surface area (Å²) in [6, 6.07) is 7.20. The number of halogens is 2. The number of nitrogens with zero attached hydrogens (tertiary/aromatic N) is 4. The van der Waals surface area contributed by atoms with Crippen molar-refractivity contribution in [3.63, 3.8) is 0 Å². The SMILES string of the molecule is C[C@@H]1CN(/C(=N\C#N)NC[C@H](NC(=O)c2c(Cl)cc3c(c2Cl)CCN(C(=O)c2ccc4ccoc4c2)C3)C(=O)O)C[C@H]1O. The first-order valence-corrected chi connectivity index (χ1v) is 14.3. The van der Waals surface area contributed by atoms with Crippen LogP contribution in [-0.4, -0.2) is 82.1 Å². The van der Waals surface area contributed by atoms with Gasteiger partial charge in [-0.1, -0.05) is 36.2 Å². The van der Waals surface area contributed by atoms with E-state index in [4.69, 9.17) is 32.9 Å². The van der Waals surface area contributed by atoms with E-state index in [9.17, 15) is 24.6 Å². The van der Waals surface area contributed by atoms with Gasteiger partial charge in [-0.2, -0.15) is 5.26 Å². The van der Waals surface area contributed by atoms with Gasteiger partial charge in [0.25, 0.3) is 11.8 Å². The summed E-state index contributed by atoms with van der Waals surface area (Å²) in [4.78, 5) is 45.5. The Morgan fingerprint density at radius 3 is 2.70 bits per heavy atom. The number of carboxylic acids is 1. The van der Waals surface area contributed by atoms with Gasteiger partial charge in [0.2, 0.25) is 12.2 Å². The first-order valence-electron chi connectivity index (χ1n) is 13.5. The van der Waals surface area contributed by atoms with E-state index in [-0.39, 0.29) is 53.0 Å². The third-order valence-corrected chi connectivity index (χ3v) is 8.43. The predicted molar refractivity (Wildman–Crippen MR) is 158 cm³/mol. The number of carboxylic acid groups (broad SMARTS) is 1. The second-order valence-corrected chi connectivity index (χ2v) is 11.4. The normalized spacial score (nSPS) is 19.1. The highest BCUT2D eigenvalue weighted by molar-refractivity contribution is 6.40. The van der Waals surface area contributed by atoms with Crippen molar-refractivity contribution in [2.45, 2.75) is 32.0 Å². The van der Waals surface area contributed by atoms with Crippen molar-refractivity contribution in [2.75, 3.05) is 26.2 Å². The molecule has 3 aromatic rings. The number of amides is 2. The highest BCUT2D eigenvalue weighted by atomic mass is 35.5. The molecule has 3 heterocycles. The molecular weight excluding hydrogens is 599 g/mol. The zero-order chi connectivity index (χ0) is 30.8. The van der Waals surface area contributed by atoms with Crippen molar-refractivity contribution in [2.24, 2.45) is 10.9 Å². The molecule has 0 spiro atoms. The molecule has 2 aliphatic heterocycles. The van der Waals surface area contributed by atoms with E-state index in [0.29, 0.717) is 41.8 Å². The highest BCUT2D eigenvalue weighted by Crippen LogP contribution is 2.35. The number of fused-ring (bicyclic) bond motifs is 2. The number of likely N-dealkylation sites (tertiary alicyclic amines) is 1. The molecule has 4 N–H and O–H groups in total. The molecule has 0 saturated carbocycles. The quantitative estimate of drug-likeness (QED) is 0.182. The third-order valence-electron chi connectivity index (χ3n) is 7.72. The van der Waals surface area contributed by atoms with Crippen LogP contribution in [0.5, 0.6) is 0 Å². The van der Waals surface area contributed by atoms with Gasteiger partial charge in [0, 0.05) is 49.6 Å². The molecule has 2 amide bonds. The van der Waals surface area contributed by atoms with Crippen LogP contribution >= 0.6 is 23.2 Å². The molecule has 1 saturated heterocycles. The van der Waals surface area contributed by atoms with Crippen LogP contribution < -0.4 is 10.6 Å².